The van der Waals surface area contributed by atoms with E-state index in [2.05, 4.69) is 5.32 Å². The van der Waals surface area contributed by atoms with Gasteiger partial charge in [0.2, 0.25) is 0 Å². The fourth-order valence-corrected chi connectivity index (χ4v) is 3.05. The lowest BCUT2D eigenvalue weighted by atomic mass is 10.1. The van der Waals surface area contributed by atoms with E-state index in [0.29, 0.717) is 6.54 Å². The Bertz CT molecular complexity index is 955. The number of esters is 1. The van der Waals surface area contributed by atoms with Crippen molar-refractivity contribution in [3.8, 4) is 0 Å². The minimum Gasteiger partial charge on any atom is -0.449 e. The maximum atomic E-state index is 12.3. The molecule has 0 aliphatic carbocycles. The number of sulfone groups is 1. The van der Waals surface area contributed by atoms with Crippen LogP contribution in [-0.2, 0) is 25.9 Å². The molecule has 1 N–H and O–H groups in total. The van der Waals surface area contributed by atoms with Gasteiger partial charge in [0.15, 0.2) is 15.9 Å². The van der Waals surface area contributed by atoms with Crippen LogP contribution in [0.2, 0.25) is 5.02 Å². The van der Waals surface area contributed by atoms with E-state index in [1.165, 1.54) is 19.1 Å². The van der Waals surface area contributed by atoms with E-state index in [-0.39, 0.29) is 15.5 Å². The fourth-order valence-electron chi connectivity index (χ4n) is 2.21. The number of carbonyl (C=O) groups excluding carboxylic acids is 2. The topological polar surface area (TPSA) is 89.5 Å². The summed E-state index contributed by atoms with van der Waals surface area (Å²) in [5.41, 5.74) is 1.91. The third kappa shape index (κ3) is 5.80. The molecular weight excluding hydrogens is 390 g/mol. The van der Waals surface area contributed by atoms with Crippen LogP contribution in [0.3, 0.4) is 0 Å². The van der Waals surface area contributed by atoms with Gasteiger partial charge in [-0.3, -0.25) is 4.79 Å². The number of carbonyl (C=O) groups is 2. The van der Waals surface area contributed by atoms with Gasteiger partial charge in [-0.15, -0.1) is 0 Å². The smallest absolute Gasteiger partial charge is 0.340 e. The Labute approximate surface area is 163 Å². The van der Waals surface area contributed by atoms with Crippen LogP contribution in [0.5, 0.6) is 0 Å². The number of rotatable bonds is 6. The van der Waals surface area contributed by atoms with E-state index in [0.717, 1.165) is 23.4 Å². The van der Waals surface area contributed by atoms with E-state index in [1.54, 1.807) is 0 Å². The van der Waals surface area contributed by atoms with E-state index in [9.17, 15) is 18.0 Å². The third-order valence-corrected chi connectivity index (χ3v) is 5.27. The second-order valence-corrected chi connectivity index (χ2v) is 8.59. The van der Waals surface area contributed by atoms with Gasteiger partial charge in [-0.2, -0.15) is 0 Å². The molecule has 1 amide bonds. The molecule has 0 spiro atoms. The van der Waals surface area contributed by atoms with Gasteiger partial charge in [-0.25, -0.2) is 13.2 Å². The molecule has 144 valence electrons. The van der Waals surface area contributed by atoms with Gasteiger partial charge >= 0.3 is 5.97 Å². The van der Waals surface area contributed by atoms with Crippen molar-refractivity contribution >= 4 is 33.3 Å². The molecule has 6 nitrogen and oxygen atoms in total. The average molecular weight is 410 g/mol. The highest BCUT2D eigenvalue weighted by Gasteiger charge is 2.22. The van der Waals surface area contributed by atoms with Crippen LogP contribution in [0, 0.1) is 6.92 Å². The molecule has 0 aliphatic heterocycles. The van der Waals surface area contributed by atoms with E-state index < -0.39 is 27.8 Å². The summed E-state index contributed by atoms with van der Waals surface area (Å²) >= 11 is 5.96. The number of benzene rings is 2. The minimum atomic E-state index is -3.51. The summed E-state index contributed by atoms with van der Waals surface area (Å²) in [4.78, 5) is 24.4. The molecule has 0 saturated heterocycles. The van der Waals surface area contributed by atoms with E-state index in [1.807, 2.05) is 31.2 Å². The van der Waals surface area contributed by atoms with Gasteiger partial charge in [0.1, 0.15) is 0 Å². The number of hydrogen-bond donors (Lipinski definition) is 1. The summed E-state index contributed by atoms with van der Waals surface area (Å²) in [6.45, 7) is 3.69. The first kappa shape index (κ1) is 20.9. The quantitative estimate of drug-likeness (QED) is 0.741. The second kappa shape index (κ2) is 8.54. The lowest BCUT2D eigenvalue weighted by molar-refractivity contribution is -0.129. The first-order valence-electron chi connectivity index (χ1n) is 8.12. The highest BCUT2D eigenvalue weighted by molar-refractivity contribution is 7.90. The Morgan fingerprint density at radius 1 is 1.15 bits per heavy atom. The molecule has 2 aromatic rings. The zero-order valence-corrected chi connectivity index (χ0v) is 16.7. The van der Waals surface area contributed by atoms with Crippen LogP contribution >= 0.6 is 11.6 Å². The van der Waals surface area contributed by atoms with Crippen LogP contribution in [0.15, 0.2) is 47.4 Å². The largest absolute Gasteiger partial charge is 0.449 e. The zero-order chi connectivity index (χ0) is 20.2. The molecule has 0 fully saturated rings. The second-order valence-electron chi connectivity index (χ2n) is 6.16. The molecule has 0 bridgehead atoms. The maximum Gasteiger partial charge on any atom is 0.340 e. The van der Waals surface area contributed by atoms with Crippen molar-refractivity contribution in [2.24, 2.45) is 0 Å². The number of amides is 1. The van der Waals surface area contributed by atoms with Crippen LogP contribution in [0.4, 0.5) is 0 Å². The van der Waals surface area contributed by atoms with Crippen LogP contribution < -0.4 is 5.32 Å². The molecule has 0 aliphatic rings. The third-order valence-electron chi connectivity index (χ3n) is 3.83. The number of ether oxygens (including phenoxy) is 1. The van der Waals surface area contributed by atoms with Gasteiger partial charge in [0.05, 0.1) is 15.5 Å². The lowest BCUT2D eigenvalue weighted by Crippen LogP contribution is -2.35. The van der Waals surface area contributed by atoms with Crippen molar-refractivity contribution < 1.29 is 22.7 Å². The Morgan fingerprint density at radius 3 is 2.37 bits per heavy atom. The van der Waals surface area contributed by atoms with Crippen molar-refractivity contribution in [2.75, 3.05) is 6.26 Å². The van der Waals surface area contributed by atoms with Gasteiger partial charge < -0.3 is 10.1 Å². The van der Waals surface area contributed by atoms with Crippen LogP contribution in [-0.4, -0.2) is 32.7 Å². The van der Waals surface area contributed by atoms with Crippen molar-refractivity contribution in [3.63, 3.8) is 0 Å². The SMILES string of the molecule is Cc1ccc(CNC(=O)[C@@H](C)OC(=O)c2cc(S(C)(=O)=O)ccc2Cl)cc1. The Kier molecular flexibility index (Phi) is 6.62. The number of halogens is 1. The molecule has 0 aromatic heterocycles. The summed E-state index contributed by atoms with van der Waals surface area (Å²) < 4.78 is 28.4. The van der Waals surface area contributed by atoms with Gasteiger partial charge in [-0.1, -0.05) is 41.4 Å². The van der Waals surface area contributed by atoms with E-state index in [4.69, 9.17) is 16.3 Å². The van der Waals surface area contributed by atoms with Crippen molar-refractivity contribution in [1.82, 2.24) is 5.32 Å². The Morgan fingerprint density at radius 2 is 1.78 bits per heavy atom. The molecule has 27 heavy (non-hydrogen) atoms. The first-order chi connectivity index (χ1) is 12.6. The number of aryl methyl sites for hydroxylation is 1. The molecule has 0 heterocycles. The van der Waals surface area contributed by atoms with Crippen LogP contribution in [0.25, 0.3) is 0 Å². The van der Waals surface area contributed by atoms with E-state index >= 15 is 0 Å². The van der Waals surface area contributed by atoms with Gasteiger partial charge in [0.25, 0.3) is 5.91 Å². The fraction of sp³-hybridized carbons (Fsp3) is 0.263. The minimum absolute atomic E-state index is 0.0414. The lowest BCUT2D eigenvalue weighted by Gasteiger charge is -2.14. The summed E-state index contributed by atoms with van der Waals surface area (Å²) in [6, 6.07) is 11.4. The highest BCUT2D eigenvalue weighted by atomic mass is 35.5. The summed E-state index contributed by atoms with van der Waals surface area (Å²) in [5, 5.41) is 2.72. The van der Waals surface area contributed by atoms with Gasteiger partial charge in [-0.05, 0) is 37.6 Å². The predicted molar refractivity (Wildman–Crippen MR) is 102 cm³/mol. The summed E-state index contributed by atoms with van der Waals surface area (Å²) in [6.07, 6.45) is -0.0483. The Hall–Kier alpha value is -2.38. The molecule has 0 saturated carbocycles. The van der Waals surface area contributed by atoms with Gasteiger partial charge in [0, 0.05) is 12.8 Å². The number of hydrogen-bond acceptors (Lipinski definition) is 5. The Balaban J connectivity index is 2.02. The maximum absolute atomic E-state index is 12.3. The molecule has 0 radical (unpaired) electrons. The van der Waals surface area contributed by atoms with Crippen molar-refractivity contribution in [2.45, 2.75) is 31.4 Å². The predicted octanol–water partition coefficient (Wildman–Crippen LogP) is 2.91. The molecule has 2 aromatic carbocycles. The molecule has 8 heteroatoms. The first-order valence-corrected chi connectivity index (χ1v) is 10.4. The van der Waals surface area contributed by atoms with Crippen molar-refractivity contribution in [1.29, 1.82) is 0 Å². The molecular formula is C19H20ClNO5S. The normalized spacial score (nSPS) is 12.3. The average Bonchev–Trinajstić information content (AvgIpc) is 2.60. The summed E-state index contributed by atoms with van der Waals surface area (Å²) in [7, 11) is -3.51. The molecule has 1 atom stereocenters. The molecule has 2 rings (SSSR count). The zero-order valence-electron chi connectivity index (χ0n) is 15.2. The molecule has 0 unspecified atom stereocenters. The van der Waals surface area contributed by atoms with Crippen molar-refractivity contribution in [3.05, 3.63) is 64.2 Å². The summed E-state index contributed by atoms with van der Waals surface area (Å²) in [5.74, 6) is -1.34. The number of nitrogens with one attached hydrogen (secondary N) is 1. The highest BCUT2D eigenvalue weighted by Crippen LogP contribution is 2.22. The van der Waals surface area contributed by atoms with Crippen LogP contribution in [0.1, 0.15) is 28.4 Å². The monoisotopic (exact) mass is 409 g/mol. The standard InChI is InChI=1S/C19H20ClNO5S/c1-12-4-6-14(7-5-12)11-21-18(22)13(2)26-19(23)16-10-15(27(3,24)25)8-9-17(16)20/h4-10,13H,11H2,1-3H3,(H,21,22)/t13-/m1/s1.